The maximum Gasteiger partial charge on any atom is 0.325 e. The highest BCUT2D eigenvalue weighted by atomic mass is 19.2. The first-order valence-electron chi connectivity index (χ1n) is 8.31. The van der Waals surface area contributed by atoms with Gasteiger partial charge in [0.05, 0.1) is 17.6 Å². The number of para-hydroxylation sites is 2. The molecule has 8 heteroatoms. The average Bonchev–Trinajstić information content (AvgIpc) is 3.07. The quantitative estimate of drug-likeness (QED) is 0.721. The number of benzene rings is 2. The van der Waals surface area contributed by atoms with E-state index in [1.165, 1.54) is 13.0 Å². The number of imide groups is 1. The molecule has 138 valence electrons. The average molecular weight is 370 g/mol. The topological polar surface area (TPSA) is 67.2 Å². The molecule has 0 spiro atoms. The largest absolute Gasteiger partial charge is 0.330 e. The van der Waals surface area contributed by atoms with Gasteiger partial charge in [0.25, 0.3) is 5.91 Å². The van der Waals surface area contributed by atoms with E-state index in [1.54, 1.807) is 7.05 Å². The van der Waals surface area contributed by atoms with Crippen molar-refractivity contribution < 1.29 is 18.4 Å². The number of hydrogen-bond acceptors (Lipinski definition) is 3. The molecule has 1 aliphatic rings. The Morgan fingerprint density at radius 1 is 1.11 bits per heavy atom. The van der Waals surface area contributed by atoms with Gasteiger partial charge in [0.2, 0.25) is 0 Å². The number of nitrogens with zero attached hydrogens (tertiary/aromatic N) is 3. The van der Waals surface area contributed by atoms with Crippen LogP contribution in [0, 0.1) is 11.6 Å². The number of nitrogens with one attached hydrogen (secondary N) is 1. The number of imidazole rings is 1. The van der Waals surface area contributed by atoms with E-state index in [-0.39, 0.29) is 12.1 Å². The van der Waals surface area contributed by atoms with Crippen molar-refractivity contribution in [1.29, 1.82) is 0 Å². The fourth-order valence-electron chi connectivity index (χ4n) is 3.32. The number of amides is 3. The van der Waals surface area contributed by atoms with Crippen molar-refractivity contribution in [1.82, 2.24) is 19.8 Å². The van der Waals surface area contributed by atoms with Gasteiger partial charge < -0.3 is 9.88 Å². The monoisotopic (exact) mass is 370 g/mol. The maximum absolute atomic E-state index is 13.6. The summed E-state index contributed by atoms with van der Waals surface area (Å²) >= 11 is 0. The Morgan fingerprint density at radius 3 is 2.56 bits per heavy atom. The molecule has 1 aromatic heterocycles. The predicted molar refractivity (Wildman–Crippen MR) is 93.5 cm³/mol. The standard InChI is InChI=1S/C19H16F2N4O2/c1-19(11-7-8-12(20)13(21)9-11)17(26)25(18(27)23-19)10-16-22-14-5-3-4-6-15(14)24(16)2/h3-9H,10H2,1-2H3,(H,23,27). The van der Waals surface area contributed by atoms with E-state index in [9.17, 15) is 18.4 Å². The van der Waals surface area contributed by atoms with Crippen molar-refractivity contribution in [3.63, 3.8) is 0 Å². The lowest BCUT2D eigenvalue weighted by molar-refractivity contribution is -0.131. The van der Waals surface area contributed by atoms with Crippen molar-refractivity contribution >= 4 is 23.0 Å². The van der Waals surface area contributed by atoms with Gasteiger partial charge in [-0.05, 0) is 36.8 Å². The Morgan fingerprint density at radius 2 is 1.85 bits per heavy atom. The second kappa shape index (κ2) is 5.87. The van der Waals surface area contributed by atoms with Gasteiger partial charge in [0, 0.05) is 7.05 Å². The summed E-state index contributed by atoms with van der Waals surface area (Å²) in [5, 5.41) is 2.58. The SMILES string of the molecule is Cn1c(CN2C(=O)NC(C)(c3ccc(F)c(F)c3)C2=O)nc2ccccc21. The van der Waals surface area contributed by atoms with E-state index in [0.717, 1.165) is 28.1 Å². The minimum absolute atomic E-state index is 0.0326. The molecule has 0 radical (unpaired) electrons. The molecule has 1 N–H and O–H groups in total. The number of halogens is 2. The molecule has 2 heterocycles. The molecular weight excluding hydrogens is 354 g/mol. The lowest BCUT2D eigenvalue weighted by Gasteiger charge is -2.22. The zero-order chi connectivity index (χ0) is 19.3. The highest BCUT2D eigenvalue weighted by Crippen LogP contribution is 2.31. The molecule has 0 saturated carbocycles. The van der Waals surface area contributed by atoms with Crippen LogP contribution >= 0.6 is 0 Å². The van der Waals surface area contributed by atoms with E-state index >= 15 is 0 Å². The van der Waals surface area contributed by atoms with Gasteiger partial charge in [-0.15, -0.1) is 0 Å². The molecule has 1 aliphatic heterocycles. The van der Waals surface area contributed by atoms with Crippen molar-refractivity contribution in [2.24, 2.45) is 7.05 Å². The highest BCUT2D eigenvalue weighted by molar-refractivity contribution is 6.07. The van der Waals surface area contributed by atoms with Crippen LogP contribution in [0.4, 0.5) is 13.6 Å². The molecular formula is C19H16F2N4O2. The second-order valence-electron chi connectivity index (χ2n) is 6.65. The molecule has 6 nitrogen and oxygen atoms in total. The lowest BCUT2D eigenvalue weighted by Crippen LogP contribution is -2.41. The first kappa shape index (κ1) is 17.1. The van der Waals surface area contributed by atoms with Gasteiger partial charge in [-0.25, -0.2) is 18.6 Å². The minimum Gasteiger partial charge on any atom is -0.330 e. The van der Waals surface area contributed by atoms with Crippen LogP contribution in [0.15, 0.2) is 42.5 Å². The Labute approximate surface area is 153 Å². The number of carbonyl (C=O) groups excluding carboxylic acids is 2. The van der Waals surface area contributed by atoms with Crippen LogP contribution in [-0.4, -0.2) is 26.4 Å². The fraction of sp³-hybridized carbons (Fsp3) is 0.211. The highest BCUT2D eigenvalue weighted by Gasteiger charge is 2.49. The zero-order valence-corrected chi connectivity index (χ0v) is 14.7. The Balaban J connectivity index is 1.68. The molecule has 3 amide bonds. The third-order valence-corrected chi connectivity index (χ3v) is 4.95. The number of urea groups is 1. The summed E-state index contributed by atoms with van der Waals surface area (Å²) in [5.74, 6) is -2.11. The molecule has 1 atom stereocenters. The van der Waals surface area contributed by atoms with E-state index in [1.807, 2.05) is 28.8 Å². The molecule has 1 unspecified atom stereocenters. The molecule has 1 saturated heterocycles. The van der Waals surface area contributed by atoms with Crippen molar-refractivity contribution in [3.05, 3.63) is 65.5 Å². The van der Waals surface area contributed by atoms with E-state index in [4.69, 9.17) is 0 Å². The number of aryl methyl sites for hydroxylation is 1. The normalized spacial score (nSPS) is 19.8. The zero-order valence-electron chi connectivity index (χ0n) is 14.7. The van der Waals surface area contributed by atoms with Crippen LogP contribution in [0.5, 0.6) is 0 Å². The van der Waals surface area contributed by atoms with Gasteiger partial charge in [0.1, 0.15) is 11.4 Å². The lowest BCUT2D eigenvalue weighted by atomic mass is 9.92. The first-order valence-corrected chi connectivity index (χ1v) is 8.31. The van der Waals surface area contributed by atoms with Crippen molar-refractivity contribution in [2.75, 3.05) is 0 Å². The summed E-state index contributed by atoms with van der Waals surface area (Å²) in [6.45, 7) is 1.43. The van der Waals surface area contributed by atoms with E-state index < -0.39 is 29.1 Å². The summed E-state index contributed by atoms with van der Waals surface area (Å²) in [6, 6.07) is 10.00. The number of rotatable bonds is 3. The molecule has 0 aliphatic carbocycles. The van der Waals surface area contributed by atoms with Crippen molar-refractivity contribution in [3.8, 4) is 0 Å². The van der Waals surface area contributed by atoms with Crippen LogP contribution in [0.1, 0.15) is 18.3 Å². The number of carbonyl (C=O) groups is 2. The minimum atomic E-state index is -1.48. The van der Waals surface area contributed by atoms with Gasteiger partial charge in [0.15, 0.2) is 11.6 Å². The Bertz CT molecular complexity index is 1090. The summed E-state index contributed by atoms with van der Waals surface area (Å²) in [4.78, 5) is 30.9. The van der Waals surface area contributed by atoms with Crippen LogP contribution in [0.3, 0.4) is 0 Å². The first-order chi connectivity index (χ1) is 12.8. The molecule has 27 heavy (non-hydrogen) atoms. The third kappa shape index (κ3) is 2.56. The van der Waals surface area contributed by atoms with Crippen molar-refractivity contribution in [2.45, 2.75) is 19.0 Å². The van der Waals surface area contributed by atoms with E-state index in [0.29, 0.717) is 5.82 Å². The third-order valence-electron chi connectivity index (χ3n) is 4.95. The Kier molecular flexibility index (Phi) is 3.73. The number of aromatic nitrogens is 2. The maximum atomic E-state index is 13.6. The van der Waals surface area contributed by atoms with Gasteiger partial charge in [-0.1, -0.05) is 18.2 Å². The molecule has 3 aromatic rings. The molecule has 2 aromatic carbocycles. The fourth-order valence-corrected chi connectivity index (χ4v) is 3.32. The predicted octanol–water partition coefficient (Wildman–Crippen LogP) is 2.82. The summed E-state index contributed by atoms with van der Waals surface area (Å²) < 4.78 is 28.7. The number of hydrogen-bond donors (Lipinski definition) is 1. The smallest absolute Gasteiger partial charge is 0.325 e. The van der Waals surface area contributed by atoms with Crippen LogP contribution < -0.4 is 5.32 Å². The van der Waals surface area contributed by atoms with Gasteiger partial charge >= 0.3 is 6.03 Å². The van der Waals surface area contributed by atoms with Gasteiger partial charge in [-0.3, -0.25) is 9.69 Å². The summed E-state index contributed by atoms with van der Waals surface area (Å²) in [5.41, 5.74) is 0.330. The van der Waals surface area contributed by atoms with Crippen LogP contribution in [-0.2, 0) is 23.9 Å². The van der Waals surface area contributed by atoms with E-state index in [2.05, 4.69) is 10.3 Å². The summed E-state index contributed by atoms with van der Waals surface area (Å²) in [7, 11) is 1.80. The number of fused-ring (bicyclic) bond motifs is 1. The molecule has 1 fully saturated rings. The van der Waals surface area contributed by atoms with Crippen LogP contribution in [0.25, 0.3) is 11.0 Å². The Hall–Kier alpha value is -3.29. The summed E-state index contributed by atoms with van der Waals surface area (Å²) in [6.07, 6.45) is 0. The second-order valence-corrected chi connectivity index (χ2v) is 6.65. The molecule has 4 rings (SSSR count). The molecule has 0 bridgehead atoms. The van der Waals surface area contributed by atoms with Gasteiger partial charge in [-0.2, -0.15) is 0 Å². The van der Waals surface area contributed by atoms with Crippen LogP contribution in [0.2, 0.25) is 0 Å².